The van der Waals surface area contributed by atoms with E-state index in [1.165, 1.54) is 6.33 Å². The van der Waals surface area contributed by atoms with E-state index >= 15 is 0 Å². The normalized spacial score (nSPS) is 11.6. The van der Waals surface area contributed by atoms with Crippen LogP contribution in [-0.4, -0.2) is 31.6 Å². The van der Waals surface area contributed by atoms with E-state index in [0.717, 1.165) is 0 Å². The molecular weight excluding hydrogens is 258 g/mol. The van der Waals surface area contributed by atoms with Crippen LogP contribution >= 0.6 is 11.6 Å². The smallest absolute Gasteiger partial charge is 0.413 e. The van der Waals surface area contributed by atoms with Crippen molar-refractivity contribution in [3.05, 3.63) is 11.6 Å². The third-order valence-corrected chi connectivity index (χ3v) is 2.05. The minimum atomic E-state index is -0.617. The van der Waals surface area contributed by atoms with Crippen molar-refractivity contribution in [3.63, 3.8) is 0 Å². The second-order valence-electron chi connectivity index (χ2n) is 4.57. The van der Waals surface area contributed by atoms with Crippen molar-refractivity contribution in [2.24, 2.45) is 0 Å². The van der Waals surface area contributed by atoms with Crippen LogP contribution in [0.1, 0.15) is 20.8 Å². The highest BCUT2D eigenvalue weighted by Crippen LogP contribution is 2.19. The van der Waals surface area contributed by atoms with Gasteiger partial charge in [0.25, 0.3) is 0 Å². The van der Waals surface area contributed by atoms with Crippen molar-refractivity contribution in [1.82, 2.24) is 19.9 Å². The number of carbonyl (C=O) groups excluding carboxylic acids is 1. The molecule has 0 aliphatic rings. The highest BCUT2D eigenvalue weighted by atomic mass is 35.5. The van der Waals surface area contributed by atoms with Crippen molar-refractivity contribution in [1.29, 1.82) is 0 Å². The predicted molar refractivity (Wildman–Crippen MR) is 66.6 cm³/mol. The van der Waals surface area contributed by atoms with E-state index in [4.69, 9.17) is 16.3 Å². The number of ether oxygens (including phenoxy) is 1. The zero-order chi connectivity index (χ0) is 13.3. The number of halogens is 1. The van der Waals surface area contributed by atoms with Gasteiger partial charge in [-0.05, 0) is 32.4 Å². The number of hydrogen-bond donors (Lipinski definition) is 2. The van der Waals surface area contributed by atoms with E-state index in [9.17, 15) is 4.79 Å². The van der Waals surface area contributed by atoms with E-state index in [1.54, 1.807) is 20.8 Å². The summed E-state index contributed by atoms with van der Waals surface area (Å²) in [6, 6.07) is 0. The van der Waals surface area contributed by atoms with Crippen molar-refractivity contribution in [2.45, 2.75) is 26.4 Å². The summed E-state index contributed by atoms with van der Waals surface area (Å²) in [5.74, 6) is 0.233. The molecule has 0 bridgehead atoms. The van der Waals surface area contributed by atoms with Crippen LogP contribution in [0.3, 0.4) is 0 Å². The van der Waals surface area contributed by atoms with Crippen LogP contribution in [0.25, 0.3) is 11.2 Å². The van der Waals surface area contributed by atoms with Gasteiger partial charge in [0.2, 0.25) is 5.28 Å². The Kier molecular flexibility index (Phi) is 3.08. The summed E-state index contributed by atoms with van der Waals surface area (Å²) >= 11 is 5.73. The Labute approximate surface area is 108 Å². The molecule has 0 spiro atoms. The van der Waals surface area contributed by atoms with Gasteiger partial charge in [-0.15, -0.1) is 0 Å². The first-order valence-corrected chi connectivity index (χ1v) is 5.59. The Balaban J connectivity index is 2.26. The lowest BCUT2D eigenvalue weighted by atomic mass is 10.2. The number of hydrogen-bond acceptors (Lipinski definition) is 5. The lowest BCUT2D eigenvalue weighted by molar-refractivity contribution is 0.0635. The Bertz CT molecular complexity index is 589. The second kappa shape index (κ2) is 4.41. The molecule has 2 aromatic heterocycles. The molecule has 0 radical (unpaired) electrons. The summed E-state index contributed by atoms with van der Waals surface area (Å²) in [6.45, 7) is 5.31. The fourth-order valence-corrected chi connectivity index (χ4v) is 1.46. The molecule has 0 unspecified atom stereocenters. The molecule has 18 heavy (non-hydrogen) atoms. The van der Waals surface area contributed by atoms with Crippen LogP contribution in [-0.2, 0) is 4.74 Å². The molecule has 0 saturated heterocycles. The van der Waals surface area contributed by atoms with E-state index in [-0.39, 0.29) is 11.1 Å². The molecule has 1 amide bonds. The minimum absolute atomic E-state index is 0.000610. The van der Waals surface area contributed by atoms with Gasteiger partial charge in [-0.25, -0.2) is 9.78 Å². The zero-order valence-corrected chi connectivity index (χ0v) is 10.9. The number of aromatic amines is 1. The topological polar surface area (TPSA) is 92.8 Å². The highest BCUT2D eigenvalue weighted by Gasteiger charge is 2.18. The third-order valence-electron chi connectivity index (χ3n) is 1.88. The number of fused-ring (bicyclic) bond motifs is 1. The number of anilines is 1. The summed E-state index contributed by atoms with van der Waals surface area (Å²) in [4.78, 5) is 26.2. The molecule has 0 fully saturated rings. The van der Waals surface area contributed by atoms with Crippen molar-refractivity contribution < 1.29 is 9.53 Å². The number of rotatable bonds is 1. The lowest BCUT2D eigenvalue weighted by Crippen LogP contribution is -2.27. The standard InChI is InChI=1S/C10H12ClN5O2/c1-10(2,3)18-9(17)16-7-5-6(13-4-12-5)14-8(11)15-7/h4H,1-3H3,(H2,12,13,14,15,16,17). The molecule has 2 N–H and O–H groups in total. The van der Waals surface area contributed by atoms with E-state index < -0.39 is 11.7 Å². The Hall–Kier alpha value is -1.89. The van der Waals surface area contributed by atoms with E-state index in [1.807, 2.05) is 0 Å². The minimum Gasteiger partial charge on any atom is -0.444 e. The number of nitrogens with one attached hydrogen (secondary N) is 2. The van der Waals surface area contributed by atoms with Gasteiger partial charge in [-0.1, -0.05) is 0 Å². The number of imidazole rings is 1. The van der Waals surface area contributed by atoms with Crippen LogP contribution in [0.2, 0.25) is 5.28 Å². The number of amides is 1. The summed E-state index contributed by atoms with van der Waals surface area (Å²) in [7, 11) is 0. The Morgan fingerprint density at radius 3 is 2.83 bits per heavy atom. The Morgan fingerprint density at radius 1 is 1.44 bits per heavy atom. The molecular formula is C10H12ClN5O2. The molecule has 7 nitrogen and oxygen atoms in total. The third kappa shape index (κ3) is 2.86. The van der Waals surface area contributed by atoms with Gasteiger partial charge in [0.15, 0.2) is 11.5 Å². The first-order valence-electron chi connectivity index (χ1n) is 5.22. The van der Waals surface area contributed by atoms with Crippen LogP contribution in [0.15, 0.2) is 6.33 Å². The maximum atomic E-state index is 11.6. The van der Waals surface area contributed by atoms with Gasteiger partial charge in [0.05, 0.1) is 6.33 Å². The van der Waals surface area contributed by atoms with Gasteiger partial charge in [-0.3, -0.25) is 5.32 Å². The highest BCUT2D eigenvalue weighted by molar-refractivity contribution is 6.28. The first-order chi connectivity index (χ1) is 8.35. The summed E-state index contributed by atoms with van der Waals surface area (Å²) in [5, 5.41) is 2.50. The predicted octanol–water partition coefficient (Wildman–Crippen LogP) is 2.35. The fourth-order valence-electron chi connectivity index (χ4n) is 1.30. The SMILES string of the molecule is CC(C)(C)OC(=O)Nc1nc(Cl)nc2nc[nH]c12. The maximum absolute atomic E-state index is 11.6. The van der Waals surface area contributed by atoms with Crippen LogP contribution < -0.4 is 5.32 Å². The van der Waals surface area contributed by atoms with Gasteiger partial charge in [-0.2, -0.15) is 9.97 Å². The molecule has 2 aromatic rings. The van der Waals surface area contributed by atoms with Crippen LogP contribution in [0.5, 0.6) is 0 Å². The number of carbonyl (C=O) groups is 1. The van der Waals surface area contributed by atoms with Crippen molar-refractivity contribution >= 4 is 34.7 Å². The average molecular weight is 270 g/mol. The van der Waals surface area contributed by atoms with Crippen molar-refractivity contribution in [3.8, 4) is 0 Å². The van der Waals surface area contributed by atoms with Crippen molar-refractivity contribution in [2.75, 3.05) is 5.32 Å². The number of H-pyrrole nitrogens is 1. The molecule has 96 valence electrons. The zero-order valence-electron chi connectivity index (χ0n) is 10.1. The quantitative estimate of drug-likeness (QED) is 0.775. The van der Waals surface area contributed by atoms with Gasteiger partial charge in [0, 0.05) is 0 Å². The van der Waals surface area contributed by atoms with Crippen LogP contribution in [0.4, 0.5) is 10.6 Å². The van der Waals surface area contributed by atoms with Crippen LogP contribution in [0, 0.1) is 0 Å². The Morgan fingerprint density at radius 2 is 2.17 bits per heavy atom. The largest absolute Gasteiger partial charge is 0.444 e. The molecule has 0 aromatic carbocycles. The summed E-state index contributed by atoms with van der Waals surface area (Å²) < 4.78 is 5.12. The van der Waals surface area contributed by atoms with E-state index in [2.05, 4.69) is 25.3 Å². The molecule has 0 aliphatic carbocycles. The fraction of sp³-hybridized carbons (Fsp3) is 0.400. The summed E-state index contributed by atoms with van der Waals surface area (Å²) in [5.41, 5.74) is 0.278. The molecule has 0 atom stereocenters. The maximum Gasteiger partial charge on any atom is 0.413 e. The molecule has 2 heterocycles. The average Bonchev–Trinajstić information content (AvgIpc) is 2.61. The van der Waals surface area contributed by atoms with Gasteiger partial charge < -0.3 is 9.72 Å². The molecule has 2 rings (SSSR count). The van der Waals surface area contributed by atoms with Gasteiger partial charge in [0.1, 0.15) is 11.1 Å². The van der Waals surface area contributed by atoms with Gasteiger partial charge >= 0.3 is 6.09 Å². The molecule has 0 aliphatic heterocycles. The number of nitrogens with zero attached hydrogens (tertiary/aromatic N) is 3. The number of aromatic nitrogens is 4. The first kappa shape index (κ1) is 12.6. The second-order valence-corrected chi connectivity index (χ2v) is 4.91. The molecule has 0 saturated carbocycles. The molecule has 8 heteroatoms. The monoisotopic (exact) mass is 269 g/mol. The lowest BCUT2D eigenvalue weighted by Gasteiger charge is -2.19. The van der Waals surface area contributed by atoms with E-state index in [0.29, 0.717) is 11.2 Å². The summed E-state index contributed by atoms with van der Waals surface area (Å²) in [6.07, 6.45) is 0.823.